The number of fused-ring (bicyclic) bond motifs is 1. The quantitative estimate of drug-likeness (QED) is 0.271. The molecule has 0 aliphatic heterocycles. The molecule has 0 bridgehead atoms. The normalized spacial score (nSPS) is 21.6. The number of anilines is 2. The van der Waals surface area contributed by atoms with Crippen molar-refractivity contribution in [2.24, 2.45) is 5.92 Å². The summed E-state index contributed by atoms with van der Waals surface area (Å²) in [5.74, 6) is 0.273. The summed E-state index contributed by atoms with van der Waals surface area (Å²) in [5.41, 5.74) is 6.09. The van der Waals surface area contributed by atoms with Crippen molar-refractivity contribution in [3.8, 4) is 11.3 Å². The van der Waals surface area contributed by atoms with E-state index in [-0.39, 0.29) is 46.8 Å². The first-order chi connectivity index (χ1) is 13.9. The lowest BCUT2D eigenvalue weighted by Gasteiger charge is -2.16. The van der Waals surface area contributed by atoms with Crippen molar-refractivity contribution in [2.45, 2.75) is 25.0 Å². The molecule has 11 nitrogen and oxygen atoms in total. The smallest absolute Gasteiger partial charge is 0.288 e. The molecule has 1 fully saturated rings. The number of aliphatic hydroxyl groups is 2. The van der Waals surface area contributed by atoms with Gasteiger partial charge in [-0.2, -0.15) is 4.98 Å². The van der Waals surface area contributed by atoms with E-state index < -0.39 is 11.0 Å². The fourth-order valence-electron chi connectivity index (χ4n) is 3.53. The zero-order valence-electron chi connectivity index (χ0n) is 14.9. The van der Waals surface area contributed by atoms with Crippen LogP contribution in [0.1, 0.15) is 12.8 Å². The van der Waals surface area contributed by atoms with E-state index in [1.807, 2.05) is 0 Å². The summed E-state index contributed by atoms with van der Waals surface area (Å²) < 4.78 is 5.71. The molecule has 0 radical (unpaired) electrons. The summed E-state index contributed by atoms with van der Waals surface area (Å²) in [6.07, 6.45) is 1.42. The van der Waals surface area contributed by atoms with Crippen LogP contribution in [0.5, 0.6) is 0 Å². The van der Waals surface area contributed by atoms with Crippen molar-refractivity contribution in [3.05, 3.63) is 33.6 Å². The van der Waals surface area contributed by atoms with E-state index in [1.54, 1.807) is 6.07 Å². The van der Waals surface area contributed by atoms with Crippen LogP contribution in [-0.4, -0.2) is 48.8 Å². The van der Waals surface area contributed by atoms with Crippen molar-refractivity contribution >= 4 is 40.2 Å². The van der Waals surface area contributed by atoms with Crippen LogP contribution in [0.25, 0.3) is 22.4 Å². The average Bonchev–Trinajstić information content (AvgIpc) is 3.22. The van der Waals surface area contributed by atoms with Gasteiger partial charge in [0.15, 0.2) is 0 Å². The molecule has 0 aromatic carbocycles. The Bertz CT molecular complexity index is 1090. The highest BCUT2D eigenvalue weighted by atomic mass is 35.5. The third-order valence-electron chi connectivity index (χ3n) is 4.93. The monoisotopic (exact) mass is 420 g/mol. The van der Waals surface area contributed by atoms with Gasteiger partial charge in [0.2, 0.25) is 11.7 Å². The van der Waals surface area contributed by atoms with E-state index in [4.69, 9.17) is 21.8 Å². The lowest BCUT2D eigenvalue weighted by molar-refractivity contribution is -0.385. The third-order valence-corrected chi connectivity index (χ3v) is 5.20. The Morgan fingerprint density at radius 3 is 2.86 bits per heavy atom. The van der Waals surface area contributed by atoms with Crippen LogP contribution in [0.4, 0.5) is 17.5 Å². The predicted molar refractivity (Wildman–Crippen MR) is 104 cm³/mol. The van der Waals surface area contributed by atoms with Crippen LogP contribution in [0.3, 0.4) is 0 Å². The van der Waals surface area contributed by atoms with E-state index >= 15 is 0 Å². The maximum absolute atomic E-state index is 11.0. The van der Waals surface area contributed by atoms with Gasteiger partial charge >= 0.3 is 0 Å². The number of nitro groups is 1. The van der Waals surface area contributed by atoms with Crippen LogP contribution < -0.4 is 11.1 Å². The van der Waals surface area contributed by atoms with Crippen LogP contribution in [-0.2, 0) is 0 Å². The Balaban J connectivity index is 1.74. The van der Waals surface area contributed by atoms with Crippen molar-refractivity contribution in [3.63, 3.8) is 0 Å². The van der Waals surface area contributed by atoms with Crippen LogP contribution in [0, 0.1) is 16.0 Å². The Labute approximate surface area is 168 Å². The van der Waals surface area contributed by atoms with Gasteiger partial charge in [-0.25, -0.2) is 9.97 Å². The van der Waals surface area contributed by atoms with Gasteiger partial charge in [0, 0.05) is 30.0 Å². The number of aliphatic hydroxyl groups excluding tert-OH is 2. The van der Waals surface area contributed by atoms with Gasteiger partial charge in [-0.05, 0) is 18.9 Å². The molecule has 1 saturated carbocycles. The number of pyridine rings is 1. The highest BCUT2D eigenvalue weighted by Crippen LogP contribution is 2.38. The fourth-order valence-corrected chi connectivity index (χ4v) is 3.80. The molecule has 5 N–H and O–H groups in total. The van der Waals surface area contributed by atoms with Gasteiger partial charge < -0.3 is 25.7 Å². The molecule has 0 saturated heterocycles. The van der Waals surface area contributed by atoms with Gasteiger partial charge in [0.05, 0.1) is 16.6 Å². The minimum absolute atomic E-state index is 0.0332. The first kappa shape index (κ1) is 19.3. The first-order valence-electron chi connectivity index (χ1n) is 8.78. The van der Waals surface area contributed by atoms with Crippen molar-refractivity contribution in [1.29, 1.82) is 0 Å². The van der Waals surface area contributed by atoms with Gasteiger partial charge in [0.1, 0.15) is 22.9 Å². The van der Waals surface area contributed by atoms with Crippen molar-refractivity contribution in [1.82, 2.24) is 15.0 Å². The zero-order chi connectivity index (χ0) is 20.7. The second-order valence-electron chi connectivity index (χ2n) is 6.87. The lowest BCUT2D eigenvalue weighted by Crippen LogP contribution is -2.19. The predicted octanol–water partition coefficient (Wildman–Crippen LogP) is 1.97. The number of hydrogen-bond acceptors (Lipinski definition) is 10. The summed E-state index contributed by atoms with van der Waals surface area (Å²) in [7, 11) is 0. The molecular weight excluding hydrogens is 404 g/mol. The summed E-state index contributed by atoms with van der Waals surface area (Å²) in [4.78, 5) is 22.5. The van der Waals surface area contributed by atoms with Gasteiger partial charge in [0.25, 0.3) is 5.69 Å². The topological polar surface area (TPSA) is 173 Å². The third kappa shape index (κ3) is 3.67. The van der Waals surface area contributed by atoms with E-state index in [0.29, 0.717) is 29.6 Å². The molecule has 0 amide bonds. The van der Waals surface area contributed by atoms with E-state index in [1.165, 1.54) is 6.07 Å². The van der Waals surface area contributed by atoms with Gasteiger partial charge in [-0.15, -0.1) is 0 Å². The maximum Gasteiger partial charge on any atom is 0.288 e. The summed E-state index contributed by atoms with van der Waals surface area (Å²) in [6, 6.07) is 2.73. The Morgan fingerprint density at radius 2 is 2.17 bits per heavy atom. The number of nitrogens with one attached hydrogen (secondary N) is 1. The summed E-state index contributed by atoms with van der Waals surface area (Å²) in [5, 5.41) is 34.0. The summed E-state index contributed by atoms with van der Waals surface area (Å²) in [6.45, 7) is -0.118. The number of nitrogens with two attached hydrogens (primary N) is 1. The maximum atomic E-state index is 11.0. The number of hydrogen-bond donors (Lipinski definition) is 4. The lowest BCUT2D eigenvalue weighted by atomic mass is 10.1. The van der Waals surface area contributed by atoms with E-state index in [2.05, 4.69) is 20.3 Å². The molecule has 1 aliphatic carbocycles. The highest BCUT2D eigenvalue weighted by molar-refractivity contribution is 6.32. The molecule has 1 aliphatic rings. The molecule has 3 aromatic rings. The van der Waals surface area contributed by atoms with Crippen LogP contribution in [0.2, 0.25) is 5.15 Å². The highest BCUT2D eigenvalue weighted by Gasteiger charge is 2.33. The van der Waals surface area contributed by atoms with Crippen LogP contribution >= 0.6 is 11.6 Å². The molecule has 4 rings (SSSR count). The number of furan rings is 1. The number of halogens is 1. The molecule has 29 heavy (non-hydrogen) atoms. The van der Waals surface area contributed by atoms with Gasteiger partial charge in [-0.3, -0.25) is 10.1 Å². The SMILES string of the molecule is Nc1nc(Cl)c(-c2cc3cc([N+](=O)[O-])cnc3o2)c(N[C@@H]2C[C@H](CO)[C@@H](O)C2)n1. The molecule has 0 spiro atoms. The standard InChI is InChI=1S/C17H17ClN6O5/c18-14-13(12-3-7-2-10(24(27)28)5-20-16(7)29-12)15(23-17(19)22-14)21-9-1-8(6-25)11(26)4-9/h2-3,5,8-9,11,25-26H,1,4,6H2,(H3,19,21,22,23)/t8-,9-,11+/m1/s1. The molecule has 152 valence electrons. The zero-order valence-corrected chi connectivity index (χ0v) is 15.7. The minimum Gasteiger partial charge on any atom is -0.437 e. The second-order valence-corrected chi connectivity index (χ2v) is 7.23. The molecular formula is C17H17ClN6O5. The number of nitrogen functional groups attached to an aromatic ring is 1. The summed E-state index contributed by atoms with van der Waals surface area (Å²) >= 11 is 6.30. The molecule has 12 heteroatoms. The average molecular weight is 421 g/mol. The molecule has 0 unspecified atom stereocenters. The van der Waals surface area contributed by atoms with Crippen molar-refractivity contribution < 1.29 is 19.6 Å². The molecule has 3 heterocycles. The van der Waals surface area contributed by atoms with Crippen LogP contribution in [0.15, 0.2) is 22.7 Å². The second kappa shape index (κ2) is 7.43. The largest absolute Gasteiger partial charge is 0.437 e. The fraction of sp³-hybridized carbons (Fsp3) is 0.353. The van der Waals surface area contributed by atoms with Crippen molar-refractivity contribution in [2.75, 3.05) is 17.7 Å². The minimum atomic E-state index is -0.633. The molecule has 3 aromatic heterocycles. The Morgan fingerprint density at radius 1 is 1.38 bits per heavy atom. The van der Waals surface area contributed by atoms with E-state index in [0.717, 1.165) is 6.20 Å². The van der Waals surface area contributed by atoms with E-state index in [9.17, 15) is 20.3 Å². The number of aromatic nitrogens is 3. The molecule has 3 atom stereocenters. The number of nitrogens with zero attached hydrogens (tertiary/aromatic N) is 4. The Hall–Kier alpha value is -3.02. The Kier molecular flexibility index (Phi) is 4.94. The van der Waals surface area contributed by atoms with Gasteiger partial charge in [-0.1, -0.05) is 11.6 Å². The first-order valence-corrected chi connectivity index (χ1v) is 9.16. The number of rotatable bonds is 5.